The first-order chi connectivity index (χ1) is 15.7. The molecule has 3 heterocycles. The molecule has 0 unspecified atom stereocenters. The fourth-order valence-corrected chi connectivity index (χ4v) is 3.47. The van der Waals surface area contributed by atoms with Crippen molar-refractivity contribution in [3.05, 3.63) is 36.7 Å². The zero-order valence-corrected chi connectivity index (χ0v) is 17.4. The minimum Gasteiger partial charge on any atom is -0.492 e. The summed E-state index contributed by atoms with van der Waals surface area (Å²) in [6, 6.07) is 9.21. The Hall–Kier alpha value is -4.19. The van der Waals surface area contributed by atoms with Crippen LogP contribution < -0.4 is 15.4 Å². The predicted molar refractivity (Wildman–Crippen MR) is 119 cm³/mol. The molecule has 1 aromatic carbocycles. The first-order valence-corrected chi connectivity index (χ1v) is 10.3. The Kier molecular flexibility index (Phi) is 5.03. The minimum atomic E-state index is -0.00733. The number of carbonyl (C=O) groups excluding carboxylic acids is 1. The Labute approximate surface area is 183 Å². The van der Waals surface area contributed by atoms with E-state index in [9.17, 15) is 4.79 Å². The number of oxazole rings is 1. The standard InChI is InChI=1S/C23H20N6O3/c1-25-21-16-11-26-20(29-22(30)13-3-4-13)10-15(16)17(12-27-21)23-28-18-9-14(31-8-2-7-24)5-6-19(18)32-23/h5-6,9-13H,2-4,8H2,1H3,(H,25,27)(H,26,29,30). The summed E-state index contributed by atoms with van der Waals surface area (Å²) >= 11 is 0. The van der Waals surface area contributed by atoms with Gasteiger partial charge in [0.25, 0.3) is 0 Å². The van der Waals surface area contributed by atoms with Gasteiger partial charge in [-0.2, -0.15) is 5.26 Å². The van der Waals surface area contributed by atoms with E-state index in [4.69, 9.17) is 14.4 Å². The maximum atomic E-state index is 12.2. The fourth-order valence-electron chi connectivity index (χ4n) is 3.47. The highest BCUT2D eigenvalue weighted by atomic mass is 16.5. The molecule has 5 rings (SSSR count). The van der Waals surface area contributed by atoms with Crippen LogP contribution >= 0.6 is 0 Å². The number of aromatic nitrogens is 3. The van der Waals surface area contributed by atoms with E-state index in [2.05, 4.69) is 31.7 Å². The van der Waals surface area contributed by atoms with Crippen LogP contribution in [0, 0.1) is 17.2 Å². The lowest BCUT2D eigenvalue weighted by Gasteiger charge is -2.10. The third-order valence-electron chi connectivity index (χ3n) is 5.28. The van der Waals surface area contributed by atoms with Crippen molar-refractivity contribution in [1.82, 2.24) is 15.0 Å². The molecule has 1 aliphatic rings. The number of amides is 1. The van der Waals surface area contributed by atoms with Crippen molar-refractivity contribution < 1.29 is 13.9 Å². The zero-order valence-electron chi connectivity index (χ0n) is 17.4. The molecular weight excluding hydrogens is 408 g/mol. The number of ether oxygens (including phenoxy) is 1. The molecule has 0 saturated heterocycles. The Morgan fingerprint density at radius 1 is 1.25 bits per heavy atom. The lowest BCUT2D eigenvalue weighted by molar-refractivity contribution is -0.117. The van der Waals surface area contributed by atoms with Gasteiger partial charge in [0.2, 0.25) is 11.8 Å². The van der Waals surface area contributed by atoms with E-state index in [0.29, 0.717) is 53.0 Å². The summed E-state index contributed by atoms with van der Waals surface area (Å²) in [5, 5.41) is 16.2. The highest BCUT2D eigenvalue weighted by Crippen LogP contribution is 2.35. The largest absolute Gasteiger partial charge is 0.492 e. The number of hydrogen-bond acceptors (Lipinski definition) is 8. The highest BCUT2D eigenvalue weighted by molar-refractivity contribution is 6.03. The summed E-state index contributed by atoms with van der Waals surface area (Å²) in [6.45, 7) is 0.315. The average Bonchev–Trinajstić information content (AvgIpc) is 3.58. The summed E-state index contributed by atoms with van der Waals surface area (Å²) < 4.78 is 11.6. The van der Waals surface area contributed by atoms with Gasteiger partial charge >= 0.3 is 0 Å². The van der Waals surface area contributed by atoms with Gasteiger partial charge in [-0.1, -0.05) is 0 Å². The summed E-state index contributed by atoms with van der Waals surface area (Å²) in [5.74, 6) is 2.25. The number of nitrogens with one attached hydrogen (secondary N) is 2. The number of fused-ring (bicyclic) bond motifs is 2. The molecule has 1 saturated carbocycles. The minimum absolute atomic E-state index is 0.00733. The molecule has 1 aliphatic carbocycles. The first kappa shape index (κ1) is 19.8. The van der Waals surface area contributed by atoms with E-state index < -0.39 is 0 Å². The molecule has 1 fully saturated rings. The van der Waals surface area contributed by atoms with Crippen molar-refractivity contribution in [3.8, 4) is 23.3 Å². The Morgan fingerprint density at radius 3 is 2.91 bits per heavy atom. The third kappa shape index (κ3) is 3.78. The Morgan fingerprint density at radius 2 is 2.12 bits per heavy atom. The van der Waals surface area contributed by atoms with Crippen LogP contribution in [0.5, 0.6) is 5.75 Å². The monoisotopic (exact) mass is 428 g/mol. The van der Waals surface area contributed by atoms with Gasteiger partial charge in [-0.15, -0.1) is 0 Å². The number of rotatable bonds is 7. The number of nitriles is 1. The molecule has 160 valence electrons. The average molecular weight is 428 g/mol. The van der Waals surface area contributed by atoms with Crippen molar-refractivity contribution in [2.75, 3.05) is 24.3 Å². The number of nitrogens with zero attached hydrogens (tertiary/aromatic N) is 4. The second-order valence-corrected chi connectivity index (χ2v) is 7.55. The quantitative estimate of drug-likeness (QED) is 0.421. The molecule has 32 heavy (non-hydrogen) atoms. The SMILES string of the molecule is CNc1ncc(-c2nc3cc(OCCC#N)ccc3o2)c2cc(NC(=O)C3CC3)ncc12. The van der Waals surface area contributed by atoms with Crippen LogP contribution in [-0.2, 0) is 4.79 Å². The highest BCUT2D eigenvalue weighted by Gasteiger charge is 2.30. The molecule has 9 nitrogen and oxygen atoms in total. The molecule has 4 aromatic rings. The van der Waals surface area contributed by atoms with E-state index >= 15 is 0 Å². The van der Waals surface area contributed by atoms with Crippen molar-refractivity contribution in [2.24, 2.45) is 5.92 Å². The molecule has 0 bridgehead atoms. The van der Waals surface area contributed by atoms with Gasteiger partial charge in [0, 0.05) is 42.2 Å². The number of anilines is 2. The lowest BCUT2D eigenvalue weighted by Crippen LogP contribution is -2.14. The molecule has 3 aromatic heterocycles. The molecule has 2 N–H and O–H groups in total. The van der Waals surface area contributed by atoms with E-state index in [0.717, 1.165) is 23.6 Å². The van der Waals surface area contributed by atoms with Gasteiger partial charge in [0.05, 0.1) is 18.1 Å². The van der Waals surface area contributed by atoms with Crippen molar-refractivity contribution in [3.63, 3.8) is 0 Å². The zero-order chi connectivity index (χ0) is 22.1. The molecular formula is C23H20N6O3. The van der Waals surface area contributed by atoms with Crippen LogP contribution in [0.25, 0.3) is 33.3 Å². The van der Waals surface area contributed by atoms with Crippen LogP contribution in [0.3, 0.4) is 0 Å². The van der Waals surface area contributed by atoms with Gasteiger partial charge in [0.1, 0.15) is 29.5 Å². The van der Waals surface area contributed by atoms with Crippen LogP contribution in [0.15, 0.2) is 41.1 Å². The number of pyridine rings is 2. The van der Waals surface area contributed by atoms with Crippen LogP contribution in [0.2, 0.25) is 0 Å². The maximum Gasteiger partial charge on any atom is 0.229 e. The Bertz CT molecular complexity index is 1370. The number of carbonyl (C=O) groups is 1. The van der Waals surface area contributed by atoms with Gasteiger partial charge in [-0.3, -0.25) is 4.79 Å². The molecule has 0 atom stereocenters. The van der Waals surface area contributed by atoms with Crippen molar-refractivity contribution in [1.29, 1.82) is 5.26 Å². The maximum absolute atomic E-state index is 12.2. The second-order valence-electron chi connectivity index (χ2n) is 7.55. The van der Waals surface area contributed by atoms with E-state index in [1.54, 1.807) is 37.6 Å². The smallest absolute Gasteiger partial charge is 0.229 e. The molecule has 0 radical (unpaired) electrons. The van der Waals surface area contributed by atoms with E-state index in [-0.39, 0.29) is 11.8 Å². The topological polar surface area (TPSA) is 126 Å². The third-order valence-corrected chi connectivity index (χ3v) is 5.28. The van der Waals surface area contributed by atoms with Gasteiger partial charge < -0.3 is 19.8 Å². The second kappa shape index (κ2) is 8.15. The molecule has 9 heteroatoms. The van der Waals surface area contributed by atoms with Gasteiger partial charge in [-0.05, 0) is 31.0 Å². The first-order valence-electron chi connectivity index (χ1n) is 10.3. The molecule has 1 amide bonds. The summed E-state index contributed by atoms with van der Waals surface area (Å²) in [7, 11) is 1.79. The van der Waals surface area contributed by atoms with Crippen LogP contribution in [0.4, 0.5) is 11.6 Å². The van der Waals surface area contributed by atoms with E-state index in [1.165, 1.54) is 0 Å². The summed E-state index contributed by atoms with van der Waals surface area (Å²) in [5.41, 5.74) is 1.93. The van der Waals surface area contributed by atoms with Gasteiger partial charge in [-0.25, -0.2) is 15.0 Å². The molecule has 0 spiro atoms. The van der Waals surface area contributed by atoms with Crippen molar-refractivity contribution >= 4 is 39.4 Å². The fraction of sp³-hybridized carbons (Fsp3) is 0.261. The number of benzene rings is 1. The normalized spacial score (nSPS) is 13.1. The summed E-state index contributed by atoms with van der Waals surface area (Å²) in [6.07, 6.45) is 5.53. The summed E-state index contributed by atoms with van der Waals surface area (Å²) in [4.78, 5) is 25.7. The number of hydrogen-bond donors (Lipinski definition) is 2. The Balaban J connectivity index is 1.55. The van der Waals surface area contributed by atoms with E-state index in [1.807, 2.05) is 6.07 Å². The van der Waals surface area contributed by atoms with Gasteiger partial charge in [0.15, 0.2) is 5.58 Å². The predicted octanol–water partition coefficient (Wildman–Crippen LogP) is 4.12. The van der Waals surface area contributed by atoms with Crippen LogP contribution in [0.1, 0.15) is 19.3 Å². The molecule has 0 aliphatic heterocycles. The van der Waals surface area contributed by atoms with Crippen molar-refractivity contribution in [2.45, 2.75) is 19.3 Å². The lowest BCUT2D eigenvalue weighted by atomic mass is 10.1. The van der Waals surface area contributed by atoms with Crippen LogP contribution in [-0.4, -0.2) is 34.5 Å².